The zero-order chi connectivity index (χ0) is 20.2. The molecular formula is C22H21N7O. The number of amides is 1. The first kappa shape index (κ1) is 17.4. The molecule has 8 heteroatoms. The smallest absolute Gasteiger partial charge is 0.226 e. The van der Waals surface area contributed by atoms with Crippen molar-refractivity contribution in [2.24, 2.45) is 5.92 Å². The summed E-state index contributed by atoms with van der Waals surface area (Å²) < 4.78 is 0. The van der Waals surface area contributed by atoms with Crippen LogP contribution in [0.5, 0.6) is 0 Å². The number of fused-ring (bicyclic) bond motifs is 3. The molecule has 0 aromatic carbocycles. The third-order valence-corrected chi connectivity index (χ3v) is 6.52. The van der Waals surface area contributed by atoms with Crippen molar-refractivity contribution in [1.29, 1.82) is 5.26 Å². The first-order valence-electron chi connectivity index (χ1n) is 10.5. The Balaban J connectivity index is 1.33. The lowest BCUT2D eigenvalue weighted by atomic mass is 10.1. The molecule has 2 bridgehead atoms. The zero-order valence-corrected chi connectivity index (χ0v) is 16.5. The van der Waals surface area contributed by atoms with Gasteiger partial charge in [-0.25, -0.2) is 15.0 Å². The molecule has 1 amide bonds. The van der Waals surface area contributed by atoms with Crippen LogP contribution in [0.1, 0.15) is 31.4 Å². The number of carbonyl (C=O) groups is 1. The number of rotatable bonds is 3. The highest BCUT2D eigenvalue weighted by Crippen LogP contribution is 2.39. The summed E-state index contributed by atoms with van der Waals surface area (Å²) in [6.07, 6.45) is 7.68. The van der Waals surface area contributed by atoms with Crippen molar-refractivity contribution in [3.63, 3.8) is 0 Å². The Morgan fingerprint density at radius 1 is 1.10 bits per heavy atom. The number of anilines is 1. The van der Waals surface area contributed by atoms with Crippen LogP contribution >= 0.6 is 0 Å². The summed E-state index contributed by atoms with van der Waals surface area (Å²) >= 11 is 0. The van der Waals surface area contributed by atoms with Crippen LogP contribution in [-0.2, 0) is 4.79 Å². The first-order valence-corrected chi connectivity index (χ1v) is 10.5. The molecule has 3 aromatic heterocycles. The predicted molar refractivity (Wildman–Crippen MR) is 110 cm³/mol. The van der Waals surface area contributed by atoms with Crippen molar-refractivity contribution in [2.45, 2.75) is 37.8 Å². The Morgan fingerprint density at radius 3 is 2.60 bits per heavy atom. The number of H-pyrrole nitrogens is 1. The van der Waals surface area contributed by atoms with E-state index in [-0.39, 0.29) is 5.92 Å². The van der Waals surface area contributed by atoms with Crippen molar-refractivity contribution < 1.29 is 4.79 Å². The van der Waals surface area contributed by atoms with E-state index < -0.39 is 0 Å². The number of hydrogen-bond donors (Lipinski definition) is 1. The Hall–Kier alpha value is -3.47. The fraction of sp³-hybridized carbons (Fsp3) is 0.409. The predicted octanol–water partition coefficient (Wildman–Crippen LogP) is 2.48. The summed E-state index contributed by atoms with van der Waals surface area (Å²) in [7, 11) is 0. The molecule has 0 radical (unpaired) electrons. The number of piperazine rings is 1. The van der Waals surface area contributed by atoms with Gasteiger partial charge in [0.15, 0.2) is 5.65 Å². The lowest BCUT2D eigenvalue weighted by molar-refractivity contribution is -0.135. The van der Waals surface area contributed by atoms with E-state index in [9.17, 15) is 4.79 Å². The molecule has 2 aliphatic heterocycles. The van der Waals surface area contributed by atoms with Crippen LogP contribution in [0.25, 0.3) is 22.6 Å². The summed E-state index contributed by atoms with van der Waals surface area (Å²) in [5.74, 6) is 1.33. The Labute approximate surface area is 173 Å². The van der Waals surface area contributed by atoms with Gasteiger partial charge in [-0.1, -0.05) is 0 Å². The normalized spacial score (nSPS) is 23.0. The molecule has 1 saturated carbocycles. The molecule has 3 fully saturated rings. The van der Waals surface area contributed by atoms with Gasteiger partial charge in [0.25, 0.3) is 0 Å². The Morgan fingerprint density at radius 2 is 1.87 bits per heavy atom. The number of hydrogen-bond acceptors (Lipinski definition) is 6. The van der Waals surface area contributed by atoms with Crippen LogP contribution in [-0.4, -0.2) is 55.9 Å². The van der Waals surface area contributed by atoms with E-state index in [0.717, 1.165) is 55.5 Å². The lowest BCUT2D eigenvalue weighted by Crippen LogP contribution is -2.56. The van der Waals surface area contributed by atoms with E-state index >= 15 is 0 Å². The summed E-state index contributed by atoms with van der Waals surface area (Å²) in [6.45, 7) is 1.69. The van der Waals surface area contributed by atoms with Crippen molar-refractivity contribution in [3.05, 3.63) is 36.3 Å². The van der Waals surface area contributed by atoms with Gasteiger partial charge in [-0.15, -0.1) is 0 Å². The van der Waals surface area contributed by atoms with E-state index in [1.807, 2.05) is 12.1 Å². The molecule has 30 heavy (non-hydrogen) atoms. The average molecular weight is 399 g/mol. The third kappa shape index (κ3) is 2.73. The van der Waals surface area contributed by atoms with Gasteiger partial charge in [0.1, 0.15) is 23.1 Å². The molecule has 5 heterocycles. The minimum absolute atomic E-state index is 0.279. The molecule has 1 aliphatic carbocycles. The van der Waals surface area contributed by atoms with Crippen LogP contribution < -0.4 is 4.90 Å². The van der Waals surface area contributed by atoms with Gasteiger partial charge in [-0.2, -0.15) is 5.26 Å². The van der Waals surface area contributed by atoms with Crippen LogP contribution in [0.2, 0.25) is 0 Å². The lowest BCUT2D eigenvalue weighted by Gasteiger charge is -2.42. The number of pyridine rings is 2. The van der Waals surface area contributed by atoms with Gasteiger partial charge in [0, 0.05) is 49.0 Å². The van der Waals surface area contributed by atoms with Crippen molar-refractivity contribution in [2.75, 3.05) is 18.0 Å². The standard InChI is InChI=1S/C22H21N7O/c23-10-15-9-14(5-7-24-15)20-26-19-18(6-8-25-21(19)27-20)28-11-16-3-4-17(12-28)29(16)22(30)13-1-2-13/h5-9,13,16-17H,1-4,11-12H2,(H,25,26,27). The van der Waals surface area contributed by atoms with E-state index in [1.165, 1.54) is 0 Å². The van der Waals surface area contributed by atoms with Gasteiger partial charge < -0.3 is 14.8 Å². The third-order valence-electron chi connectivity index (χ3n) is 6.52. The molecule has 1 N–H and O–H groups in total. The maximum Gasteiger partial charge on any atom is 0.226 e. The maximum absolute atomic E-state index is 12.7. The van der Waals surface area contributed by atoms with Crippen LogP contribution in [0.3, 0.4) is 0 Å². The van der Waals surface area contributed by atoms with Crippen LogP contribution in [0, 0.1) is 17.2 Å². The number of nitriles is 1. The van der Waals surface area contributed by atoms with E-state index in [0.29, 0.717) is 35.2 Å². The minimum atomic E-state index is 0.279. The molecule has 2 atom stereocenters. The van der Waals surface area contributed by atoms with E-state index in [1.54, 1.807) is 18.5 Å². The summed E-state index contributed by atoms with van der Waals surface area (Å²) in [4.78, 5) is 33.8. The molecule has 2 saturated heterocycles. The fourth-order valence-corrected chi connectivity index (χ4v) is 4.94. The number of carbonyl (C=O) groups excluding carboxylic acids is 1. The monoisotopic (exact) mass is 399 g/mol. The second kappa shape index (κ2) is 6.52. The highest BCUT2D eigenvalue weighted by Gasteiger charge is 2.46. The molecule has 6 rings (SSSR count). The van der Waals surface area contributed by atoms with Gasteiger partial charge >= 0.3 is 0 Å². The van der Waals surface area contributed by atoms with E-state index in [4.69, 9.17) is 5.26 Å². The molecule has 3 aromatic rings. The summed E-state index contributed by atoms with van der Waals surface area (Å²) in [5.41, 5.74) is 3.79. The molecule has 2 unspecified atom stereocenters. The largest absolute Gasteiger partial charge is 0.366 e. The van der Waals surface area contributed by atoms with Gasteiger partial charge in [-0.3, -0.25) is 4.79 Å². The van der Waals surface area contributed by atoms with Gasteiger partial charge in [0.2, 0.25) is 5.91 Å². The Bertz CT molecular complexity index is 1180. The second-order valence-electron chi connectivity index (χ2n) is 8.47. The quantitative estimate of drug-likeness (QED) is 0.726. The topological polar surface area (TPSA) is 102 Å². The van der Waals surface area contributed by atoms with E-state index in [2.05, 4.69) is 35.8 Å². The number of nitrogens with one attached hydrogen (secondary N) is 1. The Kier molecular flexibility index (Phi) is 3.78. The zero-order valence-electron chi connectivity index (χ0n) is 16.5. The van der Waals surface area contributed by atoms with Crippen molar-refractivity contribution in [1.82, 2.24) is 24.8 Å². The van der Waals surface area contributed by atoms with Crippen LogP contribution in [0.4, 0.5) is 5.69 Å². The molecular weight excluding hydrogens is 378 g/mol. The number of imidazole rings is 1. The fourth-order valence-electron chi connectivity index (χ4n) is 4.94. The molecule has 0 spiro atoms. The second-order valence-corrected chi connectivity index (χ2v) is 8.47. The SMILES string of the molecule is N#Cc1cc(-c2nc3nccc(N4CC5CCC(C4)N5C(=O)C4CC4)c3[nH]2)ccn1. The minimum Gasteiger partial charge on any atom is -0.366 e. The number of nitrogens with zero attached hydrogens (tertiary/aromatic N) is 6. The van der Waals surface area contributed by atoms with Gasteiger partial charge in [-0.05, 0) is 43.9 Å². The first-order chi connectivity index (χ1) is 14.7. The van der Waals surface area contributed by atoms with Crippen LogP contribution in [0.15, 0.2) is 30.6 Å². The summed E-state index contributed by atoms with van der Waals surface area (Å²) in [6, 6.07) is 8.23. The number of aromatic nitrogens is 4. The number of aromatic amines is 1. The highest BCUT2D eigenvalue weighted by molar-refractivity contribution is 5.89. The molecule has 150 valence electrons. The van der Waals surface area contributed by atoms with Crippen molar-refractivity contribution in [3.8, 4) is 17.5 Å². The van der Waals surface area contributed by atoms with Gasteiger partial charge in [0.05, 0.1) is 5.69 Å². The molecule has 8 nitrogen and oxygen atoms in total. The highest BCUT2D eigenvalue weighted by atomic mass is 16.2. The maximum atomic E-state index is 12.7. The summed E-state index contributed by atoms with van der Waals surface area (Å²) in [5, 5.41) is 9.13. The van der Waals surface area contributed by atoms with Crippen molar-refractivity contribution >= 4 is 22.8 Å². The average Bonchev–Trinajstić information content (AvgIpc) is 3.48. The molecule has 3 aliphatic rings.